The van der Waals surface area contributed by atoms with Crippen LogP contribution in [0.5, 0.6) is 0 Å². The van der Waals surface area contributed by atoms with Gasteiger partial charge in [-0.2, -0.15) is 0 Å². The van der Waals surface area contributed by atoms with E-state index in [2.05, 4.69) is 5.32 Å². The molecule has 0 radical (unpaired) electrons. The van der Waals surface area contributed by atoms with Gasteiger partial charge >= 0.3 is 12.0 Å². The summed E-state index contributed by atoms with van der Waals surface area (Å²) >= 11 is 1.33. The summed E-state index contributed by atoms with van der Waals surface area (Å²) in [5.41, 5.74) is -1.04. The minimum Gasteiger partial charge on any atom is -0.480 e. The van der Waals surface area contributed by atoms with Gasteiger partial charge in [0.2, 0.25) is 5.91 Å². The first-order valence-corrected chi connectivity index (χ1v) is 7.13. The number of nitrogens with zero attached hydrogens (tertiary/aromatic N) is 2. The van der Waals surface area contributed by atoms with E-state index in [-0.39, 0.29) is 5.88 Å². The molecule has 0 bridgehead atoms. The summed E-state index contributed by atoms with van der Waals surface area (Å²) < 4.78 is 0. The topological polar surface area (TPSA) is 107 Å². The SMILES string of the molecule is CC1(C)NC(=O)N(CC(=O)N2CSCC2C(=O)O)C1=O. The van der Waals surface area contributed by atoms with Gasteiger partial charge in [-0.3, -0.25) is 14.5 Å². The van der Waals surface area contributed by atoms with E-state index in [0.29, 0.717) is 5.75 Å². The zero-order chi connectivity index (χ0) is 15.1. The lowest BCUT2D eigenvalue weighted by molar-refractivity contribution is -0.148. The van der Waals surface area contributed by atoms with Crippen LogP contribution in [0.1, 0.15) is 13.8 Å². The summed E-state index contributed by atoms with van der Waals surface area (Å²) in [4.78, 5) is 48.7. The number of hydrogen-bond acceptors (Lipinski definition) is 5. The number of amides is 4. The highest BCUT2D eigenvalue weighted by Crippen LogP contribution is 2.22. The standard InChI is InChI=1S/C11H15N3O5S/c1-11(2)9(18)13(10(19)12-11)3-7(15)14-5-20-4-6(14)8(16)17/h6H,3-5H2,1-2H3,(H,12,19)(H,16,17). The van der Waals surface area contributed by atoms with Gasteiger partial charge in [-0.1, -0.05) is 0 Å². The van der Waals surface area contributed by atoms with Crippen LogP contribution < -0.4 is 5.32 Å². The molecule has 0 spiro atoms. The molecule has 20 heavy (non-hydrogen) atoms. The number of hydrogen-bond donors (Lipinski definition) is 2. The second kappa shape index (κ2) is 4.97. The van der Waals surface area contributed by atoms with E-state index < -0.39 is 41.9 Å². The number of thioether (sulfide) groups is 1. The number of carboxylic acids is 1. The van der Waals surface area contributed by atoms with Crippen molar-refractivity contribution in [1.29, 1.82) is 0 Å². The molecule has 2 rings (SSSR count). The Hall–Kier alpha value is -1.77. The molecule has 0 aromatic carbocycles. The monoisotopic (exact) mass is 301 g/mol. The highest BCUT2D eigenvalue weighted by molar-refractivity contribution is 7.99. The van der Waals surface area contributed by atoms with Gasteiger partial charge in [-0.15, -0.1) is 11.8 Å². The number of imide groups is 1. The van der Waals surface area contributed by atoms with Crippen LogP contribution in [0.3, 0.4) is 0 Å². The van der Waals surface area contributed by atoms with E-state index >= 15 is 0 Å². The minimum atomic E-state index is -1.08. The van der Waals surface area contributed by atoms with Crippen LogP contribution in [0.25, 0.3) is 0 Å². The van der Waals surface area contributed by atoms with Gasteiger partial charge in [-0.05, 0) is 13.8 Å². The molecule has 2 fully saturated rings. The average Bonchev–Trinajstić information content (AvgIpc) is 2.88. The number of nitrogens with one attached hydrogen (secondary N) is 1. The molecule has 4 amide bonds. The molecule has 2 saturated heterocycles. The molecule has 110 valence electrons. The van der Waals surface area contributed by atoms with E-state index in [0.717, 1.165) is 4.90 Å². The Morgan fingerprint density at radius 1 is 1.45 bits per heavy atom. The molecule has 0 aromatic heterocycles. The van der Waals surface area contributed by atoms with Crippen molar-refractivity contribution in [3.63, 3.8) is 0 Å². The van der Waals surface area contributed by atoms with Crippen LogP contribution in [0.4, 0.5) is 4.79 Å². The van der Waals surface area contributed by atoms with Crippen molar-refractivity contribution < 1.29 is 24.3 Å². The maximum Gasteiger partial charge on any atom is 0.327 e. The number of aliphatic carboxylic acids is 1. The van der Waals surface area contributed by atoms with Crippen molar-refractivity contribution in [3.05, 3.63) is 0 Å². The Morgan fingerprint density at radius 3 is 2.60 bits per heavy atom. The molecule has 8 nitrogen and oxygen atoms in total. The lowest BCUT2D eigenvalue weighted by atomic mass is 10.1. The van der Waals surface area contributed by atoms with Gasteiger partial charge in [-0.25, -0.2) is 9.59 Å². The van der Waals surface area contributed by atoms with Crippen molar-refractivity contribution >= 4 is 35.6 Å². The molecule has 1 unspecified atom stereocenters. The Balaban J connectivity index is 2.07. The number of rotatable bonds is 3. The molecule has 0 aliphatic carbocycles. The first-order chi connectivity index (χ1) is 9.24. The van der Waals surface area contributed by atoms with Crippen LogP contribution in [0.15, 0.2) is 0 Å². The summed E-state index contributed by atoms with van der Waals surface area (Å²) in [6.07, 6.45) is 0. The van der Waals surface area contributed by atoms with Crippen LogP contribution in [0, 0.1) is 0 Å². The van der Waals surface area contributed by atoms with Crippen molar-refractivity contribution in [2.75, 3.05) is 18.2 Å². The number of carbonyl (C=O) groups excluding carboxylic acids is 3. The zero-order valence-corrected chi connectivity index (χ0v) is 11.9. The second-order valence-corrected chi connectivity index (χ2v) is 6.16. The number of carboxylic acid groups (broad SMARTS) is 1. The maximum absolute atomic E-state index is 12.1. The zero-order valence-electron chi connectivity index (χ0n) is 11.1. The fraction of sp³-hybridized carbons (Fsp3) is 0.636. The van der Waals surface area contributed by atoms with E-state index in [1.807, 2.05) is 0 Å². The third-order valence-corrected chi connectivity index (χ3v) is 4.24. The highest BCUT2D eigenvalue weighted by atomic mass is 32.2. The van der Waals surface area contributed by atoms with Crippen molar-refractivity contribution in [2.24, 2.45) is 0 Å². The normalized spacial score (nSPS) is 25.0. The third-order valence-electron chi connectivity index (χ3n) is 3.23. The summed E-state index contributed by atoms with van der Waals surface area (Å²) in [6.45, 7) is 2.66. The fourth-order valence-electron chi connectivity index (χ4n) is 2.08. The second-order valence-electron chi connectivity index (χ2n) is 5.16. The first kappa shape index (κ1) is 14.6. The lowest BCUT2D eigenvalue weighted by Gasteiger charge is -2.23. The lowest BCUT2D eigenvalue weighted by Crippen LogP contribution is -2.48. The molecule has 2 aliphatic rings. The Labute approximate surface area is 119 Å². The van der Waals surface area contributed by atoms with Crippen molar-refractivity contribution in [2.45, 2.75) is 25.4 Å². The number of urea groups is 1. The minimum absolute atomic E-state index is 0.253. The van der Waals surface area contributed by atoms with Gasteiger partial charge in [0.15, 0.2) is 0 Å². The molecule has 0 aromatic rings. The Morgan fingerprint density at radius 2 is 2.10 bits per heavy atom. The van der Waals surface area contributed by atoms with Gasteiger partial charge < -0.3 is 15.3 Å². The quantitative estimate of drug-likeness (QED) is 0.668. The summed E-state index contributed by atoms with van der Waals surface area (Å²) in [5, 5.41) is 11.5. The summed E-state index contributed by atoms with van der Waals surface area (Å²) in [5.74, 6) is -1.55. The summed E-state index contributed by atoms with van der Waals surface area (Å²) in [6, 6.07) is -1.53. The predicted molar refractivity (Wildman–Crippen MR) is 69.9 cm³/mol. The summed E-state index contributed by atoms with van der Waals surface area (Å²) in [7, 11) is 0. The molecule has 9 heteroatoms. The molecule has 0 saturated carbocycles. The van der Waals surface area contributed by atoms with Gasteiger partial charge in [0.25, 0.3) is 5.91 Å². The van der Waals surface area contributed by atoms with Crippen LogP contribution in [0.2, 0.25) is 0 Å². The van der Waals surface area contributed by atoms with Crippen molar-refractivity contribution in [1.82, 2.24) is 15.1 Å². The predicted octanol–water partition coefficient (Wildman–Crippen LogP) is -0.697. The van der Waals surface area contributed by atoms with Crippen molar-refractivity contribution in [3.8, 4) is 0 Å². The van der Waals surface area contributed by atoms with Gasteiger partial charge in [0, 0.05) is 5.75 Å². The molecular formula is C11H15N3O5S. The maximum atomic E-state index is 12.1. The van der Waals surface area contributed by atoms with Gasteiger partial charge in [0.1, 0.15) is 18.1 Å². The largest absolute Gasteiger partial charge is 0.480 e. The molecular weight excluding hydrogens is 286 g/mol. The fourth-order valence-corrected chi connectivity index (χ4v) is 3.25. The molecule has 2 heterocycles. The van der Waals surface area contributed by atoms with Crippen LogP contribution in [-0.2, 0) is 14.4 Å². The first-order valence-electron chi connectivity index (χ1n) is 5.98. The van der Waals surface area contributed by atoms with E-state index in [4.69, 9.17) is 5.11 Å². The Kier molecular flexibility index (Phi) is 3.63. The molecule has 2 N–H and O–H groups in total. The van der Waals surface area contributed by atoms with Crippen LogP contribution in [-0.4, -0.2) is 68.5 Å². The van der Waals surface area contributed by atoms with E-state index in [9.17, 15) is 19.2 Å². The third kappa shape index (κ3) is 2.45. The Bertz CT molecular complexity index is 492. The highest BCUT2D eigenvalue weighted by Gasteiger charge is 2.46. The average molecular weight is 301 g/mol. The smallest absolute Gasteiger partial charge is 0.327 e. The molecule has 2 aliphatic heterocycles. The van der Waals surface area contributed by atoms with E-state index in [1.165, 1.54) is 16.7 Å². The number of carbonyl (C=O) groups is 4. The van der Waals surface area contributed by atoms with Crippen LogP contribution >= 0.6 is 11.8 Å². The molecule has 1 atom stereocenters. The van der Waals surface area contributed by atoms with E-state index in [1.54, 1.807) is 13.8 Å². The van der Waals surface area contributed by atoms with Gasteiger partial charge in [0.05, 0.1) is 5.88 Å².